The number of hydrogen-bond donors (Lipinski definition) is 1. The van der Waals surface area contributed by atoms with Gasteiger partial charge in [-0.25, -0.2) is 0 Å². The van der Waals surface area contributed by atoms with E-state index in [1.807, 2.05) is 56.4 Å². The number of pyridine rings is 1. The lowest BCUT2D eigenvalue weighted by Crippen LogP contribution is -2.10. The molecular weight excluding hydrogens is 224 g/mol. The molecule has 0 aliphatic rings. The lowest BCUT2D eigenvalue weighted by molar-refractivity contribution is 0.223. The molecule has 2 N–H and O–H groups in total. The van der Waals surface area contributed by atoms with Crippen LogP contribution in [0.15, 0.2) is 48.8 Å². The zero-order valence-electron chi connectivity index (χ0n) is 10.7. The lowest BCUT2D eigenvalue weighted by Gasteiger charge is -2.18. The van der Waals surface area contributed by atoms with Crippen LogP contribution in [-0.2, 0) is 0 Å². The largest absolute Gasteiger partial charge is 0.486 e. The summed E-state index contributed by atoms with van der Waals surface area (Å²) in [7, 11) is 0. The fraction of sp³-hybridized carbons (Fsp3) is 0.267. The topological polar surface area (TPSA) is 48.1 Å². The van der Waals surface area contributed by atoms with Gasteiger partial charge in [-0.3, -0.25) is 4.98 Å². The molecule has 0 amide bonds. The summed E-state index contributed by atoms with van der Waals surface area (Å²) in [4.78, 5) is 4.10. The summed E-state index contributed by atoms with van der Waals surface area (Å²) < 4.78 is 5.97. The Labute approximate surface area is 108 Å². The number of benzene rings is 1. The maximum Gasteiger partial charge on any atom is 0.124 e. The molecule has 0 spiro atoms. The molecule has 0 aliphatic heterocycles. The molecule has 0 bridgehead atoms. The van der Waals surface area contributed by atoms with Gasteiger partial charge in [-0.2, -0.15) is 0 Å². The van der Waals surface area contributed by atoms with Crippen molar-refractivity contribution in [1.29, 1.82) is 0 Å². The van der Waals surface area contributed by atoms with Crippen LogP contribution >= 0.6 is 0 Å². The number of rotatable bonds is 4. The standard InChI is InChI=1S/C15H18N2O/c1-11(16)14-7-3-4-8-15(14)18-12(2)13-6-5-9-17-10-13/h3-12H,16H2,1-2H3. The van der Waals surface area contributed by atoms with Crippen molar-refractivity contribution >= 4 is 0 Å². The monoisotopic (exact) mass is 242 g/mol. The Balaban J connectivity index is 2.19. The molecule has 0 aliphatic carbocycles. The van der Waals surface area contributed by atoms with Gasteiger partial charge in [0.1, 0.15) is 11.9 Å². The zero-order valence-corrected chi connectivity index (χ0v) is 10.7. The predicted molar refractivity (Wildman–Crippen MR) is 72.3 cm³/mol. The first-order valence-electron chi connectivity index (χ1n) is 6.09. The molecule has 94 valence electrons. The van der Waals surface area contributed by atoms with Crippen molar-refractivity contribution in [3.8, 4) is 5.75 Å². The summed E-state index contributed by atoms with van der Waals surface area (Å²) in [5.41, 5.74) is 8.01. The van der Waals surface area contributed by atoms with Crippen LogP contribution in [0.5, 0.6) is 5.75 Å². The summed E-state index contributed by atoms with van der Waals surface area (Å²) in [6.07, 6.45) is 3.53. The first-order valence-corrected chi connectivity index (χ1v) is 6.09. The van der Waals surface area contributed by atoms with Crippen molar-refractivity contribution < 1.29 is 4.74 Å². The molecule has 18 heavy (non-hydrogen) atoms. The van der Waals surface area contributed by atoms with Gasteiger partial charge in [0.2, 0.25) is 0 Å². The maximum absolute atomic E-state index is 5.97. The van der Waals surface area contributed by atoms with E-state index in [2.05, 4.69) is 4.98 Å². The molecule has 2 rings (SSSR count). The van der Waals surface area contributed by atoms with E-state index in [0.29, 0.717) is 0 Å². The highest BCUT2D eigenvalue weighted by Crippen LogP contribution is 2.27. The van der Waals surface area contributed by atoms with Crippen LogP contribution in [0.4, 0.5) is 0 Å². The van der Waals surface area contributed by atoms with Crippen molar-refractivity contribution in [2.75, 3.05) is 0 Å². The fourth-order valence-corrected chi connectivity index (χ4v) is 1.84. The first kappa shape index (κ1) is 12.6. The Morgan fingerprint density at radius 3 is 2.56 bits per heavy atom. The minimum Gasteiger partial charge on any atom is -0.486 e. The van der Waals surface area contributed by atoms with Gasteiger partial charge in [0, 0.05) is 29.6 Å². The fourth-order valence-electron chi connectivity index (χ4n) is 1.84. The molecule has 0 fully saturated rings. The SMILES string of the molecule is CC(N)c1ccccc1OC(C)c1cccnc1. The summed E-state index contributed by atoms with van der Waals surface area (Å²) in [5.74, 6) is 0.837. The van der Waals surface area contributed by atoms with Crippen LogP contribution < -0.4 is 10.5 Å². The molecule has 3 nitrogen and oxygen atoms in total. The van der Waals surface area contributed by atoms with Crippen molar-refractivity contribution in [1.82, 2.24) is 4.98 Å². The Morgan fingerprint density at radius 2 is 1.89 bits per heavy atom. The van der Waals surface area contributed by atoms with Crippen LogP contribution in [0.1, 0.15) is 37.1 Å². The average Bonchev–Trinajstić information content (AvgIpc) is 2.40. The van der Waals surface area contributed by atoms with Crippen LogP contribution in [-0.4, -0.2) is 4.98 Å². The van der Waals surface area contributed by atoms with E-state index in [9.17, 15) is 0 Å². The summed E-state index contributed by atoms with van der Waals surface area (Å²) in [6, 6.07) is 11.7. The van der Waals surface area contributed by atoms with Crippen LogP contribution in [0.3, 0.4) is 0 Å². The van der Waals surface area contributed by atoms with Gasteiger partial charge in [-0.05, 0) is 26.0 Å². The normalized spacial score (nSPS) is 13.9. The van der Waals surface area contributed by atoms with E-state index in [4.69, 9.17) is 10.5 Å². The predicted octanol–water partition coefficient (Wildman–Crippen LogP) is 3.24. The second-order valence-electron chi connectivity index (χ2n) is 4.37. The second kappa shape index (κ2) is 5.65. The third kappa shape index (κ3) is 2.87. The van der Waals surface area contributed by atoms with Gasteiger partial charge in [0.05, 0.1) is 0 Å². The molecule has 2 unspecified atom stereocenters. The van der Waals surface area contributed by atoms with Crippen molar-refractivity contribution in [3.05, 3.63) is 59.9 Å². The molecule has 3 heteroatoms. The number of aromatic nitrogens is 1. The van der Waals surface area contributed by atoms with Crippen molar-refractivity contribution in [2.45, 2.75) is 26.0 Å². The second-order valence-corrected chi connectivity index (χ2v) is 4.37. The molecule has 1 aromatic carbocycles. The molecule has 0 saturated carbocycles. The van der Waals surface area contributed by atoms with E-state index in [1.54, 1.807) is 6.20 Å². The van der Waals surface area contributed by atoms with Gasteiger partial charge in [-0.1, -0.05) is 24.3 Å². The van der Waals surface area contributed by atoms with E-state index in [-0.39, 0.29) is 12.1 Å². The smallest absolute Gasteiger partial charge is 0.124 e. The average molecular weight is 242 g/mol. The third-order valence-corrected chi connectivity index (χ3v) is 2.87. The molecule has 2 atom stereocenters. The molecule has 0 saturated heterocycles. The zero-order chi connectivity index (χ0) is 13.0. The number of ether oxygens (including phenoxy) is 1. The van der Waals surface area contributed by atoms with Crippen LogP contribution in [0.2, 0.25) is 0 Å². The number of nitrogens with zero attached hydrogens (tertiary/aromatic N) is 1. The van der Waals surface area contributed by atoms with Gasteiger partial charge in [0.25, 0.3) is 0 Å². The third-order valence-electron chi connectivity index (χ3n) is 2.87. The molecule has 0 radical (unpaired) electrons. The highest BCUT2D eigenvalue weighted by molar-refractivity contribution is 5.36. The van der Waals surface area contributed by atoms with E-state index in [0.717, 1.165) is 16.9 Å². The first-order chi connectivity index (χ1) is 8.68. The molecule has 1 heterocycles. The van der Waals surface area contributed by atoms with Crippen molar-refractivity contribution in [2.24, 2.45) is 5.73 Å². The molecule has 2 aromatic rings. The number of hydrogen-bond acceptors (Lipinski definition) is 3. The summed E-state index contributed by atoms with van der Waals surface area (Å²) >= 11 is 0. The Morgan fingerprint density at radius 1 is 1.11 bits per heavy atom. The van der Waals surface area contributed by atoms with Gasteiger partial charge in [-0.15, -0.1) is 0 Å². The van der Waals surface area contributed by atoms with Gasteiger partial charge in [0.15, 0.2) is 0 Å². The minimum absolute atomic E-state index is 0.0395. The molecular formula is C15H18N2O. The Hall–Kier alpha value is -1.87. The Kier molecular flexibility index (Phi) is 3.95. The number of para-hydroxylation sites is 1. The lowest BCUT2D eigenvalue weighted by atomic mass is 10.1. The van der Waals surface area contributed by atoms with E-state index in [1.165, 1.54) is 0 Å². The highest BCUT2D eigenvalue weighted by Gasteiger charge is 2.12. The van der Waals surface area contributed by atoms with Crippen molar-refractivity contribution in [3.63, 3.8) is 0 Å². The minimum atomic E-state index is -0.0430. The highest BCUT2D eigenvalue weighted by atomic mass is 16.5. The van der Waals surface area contributed by atoms with E-state index < -0.39 is 0 Å². The maximum atomic E-state index is 5.97. The summed E-state index contributed by atoms with van der Waals surface area (Å²) in [6.45, 7) is 3.96. The van der Waals surface area contributed by atoms with Crippen LogP contribution in [0, 0.1) is 0 Å². The van der Waals surface area contributed by atoms with Gasteiger partial charge >= 0.3 is 0 Å². The number of nitrogens with two attached hydrogens (primary N) is 1. The van der Waals surface area contributed by atoms with Gasteiger partial charge < -0.3 is 10.5 Å². The Bertz CT molecular complexity index is 497. The quantitative estimate of drug-likeness (QED) is 0.895. The van der Waals surface area contributed by atoms with Crippen LogP contribution in [0.25, 0.3) is 0 Å². The summed E-state index contributed by atoms with van der Waals surface area (Å²) in [5, 5.41) is 0. The molecule has 1 aromatic heterocycles. The van der Waals surface area contributed by atoms with E-state index >= 15 is 0 Å².